The normalized spacial score (nSPS) is 18.8. The number of rotatable bonds is 5. The molecule has 2 fully saturated rings. The van der Waals surface area contributed by atoms with Gasteiger partial charge in [0.2, 0.25) is 0 Å². The van der Waals surface area contributed by atoms with E-state index in [1.54, 1.807) is 4.40 Å². The van der Waals surface area contributed by atoms with Crippen LogP contribution in [0.3, 0.4) is 0 Å². The summed E-state index contributed by atoms with van der Waals surface area (Å²) in [6.45, 7) is 10.1. The quantitative estimate of drug-likeness (QED) is 0.604. The second-order valence-corrected chi connectivity index (χ2v) is 9.91. The second-order valence-electron chi connectivity index (χ2n) is 9.91. The molecule has 168 valence electrons. The number of anilines is 1. The van der Waals surface area contributed by atoms with Crippen LogP contribution in [0.25, 0.3) is 11.4 Å². The molecular formula is C25H27N7O. The molecule has 8 nitrogen and oxygen atoms in total. The van der Waals surface area contributed by atoms with Crippen LogP contribution in [0.2, 0.25) is 0 Å². The molecule has 0 amide bonds. The van der Waals surface area contributed by atoms with E-state index in [1.807, 2.05) is 20.0 Å². The molecule has 1 aliphatic heterocycles. The van der Waals surface area contributed by atoms with Gasteiger partial charge in [-0.15, -0.1) is 5.10 Å². The van der Waals surface area contributed by atoms with Gasteiger partial charge in [-0.1, -0.05) is 6.58 Å². The third-order valence-corrected chi connectivity index (χ3v) is 7.56. The Kier molecular flexibility index (Phi) is 4.28. The van der Waals surface area contributed by atoms with Crippen molar-refractivity contribution in [1.82, 2.24) is 24.1 Å². The summed E-state index contributed by atoms with van der Waals surface area (Å²) in [7, 11) is 0. The first kappa shape index (κ1) is 20.2. The van der Waals surface area contributed by atoms with Crippen LogP contribution in [0.4, 0.5) is 5.82 Å². The highest BCUT2D eigenvalue weighted by Crippen LogP contribution is 2.46. The number of nitriles is 1. The van der Waals surface area contributed by atoms with Gasteiger partial charge in [-0.05, 0) is 68.2 Å². The molecule has 8 heteroatoms. The van der Waals surface area contributed by atoms with Crippen molar-refractivity contribution < 1.29 is 0 Å². The fourth-order valence-electron chi connectivity index (χ4n) is 4.87. The summed E-state index contributed by atoms with van der Waals surface area (Å²) in [5, 5.41) is 13.9. The molecule has 2 saturated carbocycles. The van der Waals surface area contributed by atoms with Crippen molar-refractivity contribution in [2.45, 2.75) is 59.0 Å². The molecule has 0 saturated heterocycles. The number of aromatic nitrogens is 5. The summed E-state index contributed by atoms with van der Waals surface area (Å²) < 4.78 is 2.99. The molecule has 0 N–H and O–H groups in total. The van der Waals surface area contributed by atoms with Crippen LogP contribution < -0.4 is 10.6 Å². The minimum absolute atomic E-state index is 0.220. The van der Waals surface area contributed by atoms with E-state index in [-0.39, 0.29) is 5.69 Å². The van der Waals surface area contributed by atoms with Gasteiger partial charge in [0.05, 0.1) is 18.0 Å². The smallest absolute Gasteiger partial charge is 0.351 e. The number of fused-ring (bicyclic) bond motifs is 2. The van der Waals surface area contributed by atoms with Crippen LogP contribution >= 0.6 is 0 Å². The van der Waals surface area contributed by atoms with Gasteiger partial charge >= 0.3 is 5.69 Å². The Bertz CT molecular complexity index is 1420. The summed E-state index contributed by atoms with van der Waals surface area (Å²) >= 11 is 0. The minimum Gasteiger partial charge on any atom is -0.351 e. The zero-order valence-electron chi connectivity index (χ0n) is 19.1. The molecule has 3 aromatic rings. The Labute approximate surface area is 192 Å². The Morgan fingerprint density at radius 2 is 2.12 bits per heavy atom. The van der Waals surface area contributed by atoms with Crippen LogP contribution in [0.15, 0.2) is 23.6 Å². The SMILES string of the molecule is C=C(c1cnc2c(c1)CN(c1nc3nn(CC4(C#N)CC4)c(=O)n3c(C)c1C)CC2)C1CC1. The standard InChI is InChI=1S/C25H27N7O/c1-15-17(3)32-23(29-31(24(32)33)14-25(13-26)7-8-25)28-22(15)30-9-6-21-20(12-30)10-19(11-27-21)16(2)18-4-5-18/h10-11,18H,2,4-9,12,14H2,1,3H3. The Balaban J connectivity index is 1.35. The fourth-order valence-corrected chi connectivity index (χ4v) is 4.87. The van der Waals surface area contributed by atoms with Crippen LogP contribution in [-0.2, 0) is 19.5 Å². The van der Waals surface area contributed by atoms with E-state index < -0.39 is 5.41 Å². The lowest BCUT2D eigenvalue weighted by molar-refractivity contribution is 0.472. The maximum Gasteiger partial charge on any atom is 0.351 e. The van der Waals surface area contributed by atoms with Crippen molar-refractivity contribution in [1.29, 1.82) is 5.26 Å². The predicted octanol–water partition coefficient (Wildman–Crippen LogP) is 3.19. The first-order chi connectivity index (χ1) is 15.9. The molecule has 6 rings (SSSR count). The van der Waals surface area contributed by atoms with Crippen molar-refractivity contribution >= 4 is 17.2 Å². The van der Waals surface area contributed by atoms with E-state index >= 15 is 0 Å². The van der Waals surface area contributed by atoms with Crippen molar-refractivity contribution in [3.8, 4) is 6.07 Å². The van der Waals surface area contributed by atoms with Crippen molar-refractivity contribution in [3.63, 3.8) is 0 Å². The topological polar surface area (TPSA) is 92.1 Å². The molecule has 0 aromatic carbocycles. The van der Waals surface area contributed by atoms with Crippen molar-refractivity contribution in [2.75, 3.05) is 11.4 Å². The minimum atomic E-state index is -0.445. The van der Waals surface area contributed by atoms with Crippen LogP contribution in [0.5, 0.6) is 0 Å². The molecule has 33 heavy (non-hydrogen) atoms. The fraction of sp³-hybridized carbons (Fsp3) is 0.480. The van der Waals surface area contributed by atoms with Crippen LogP contribution in [-0.4, -0.2) is 30.7 Å². The first-order valence-electron chi connectivity index (χ1n) is 11.7. The van der Waals surface area contributed by atoms with E-state index in [1.165, 1.54) is 28.7 Å². The molecule has 3 aromatic heterocycles. The average molecular weight is 442 g/mol. The van der Waals surface area contributed by atoms with Gasteiger partial charge in [0.25, 0.3) is 5.78 Å². The number of hydrogen-bond acceptors (Lipinski definition) is 6. The van der Waals surface area contributed by atoms with Crippen LogP contribution in [0.1, 0.15) is 53.8 Å². The summed E-state index contributed by atoms with van der Waals surface area (Å²) in [5.41, 5.74) is 5.85. The number of aryl methyl sites for hydroxylation is 1. The van der Waals surface area contributed by atoms with E-state index in [4.69, 9.17) is 9.97 Å². The zero-order valence-corrected chi connectivity index (χ0v) is 19.1. The highest BCUT2D eigenvalue weighted by Gasteiger charge is 2.44. The summed E-state index contributed by atoms with van der Waals surface area (Å²) in [6.07, 6.45) is 6.91. The zero-order chi connectivity index (χ0) is 22.9. The Morgan fingerprint density at radius 3 is 2.82 bits per heavy atom. The summed E-state index contributed by atoms with van der Waals surface area (Å²) in [6, 6.07) is 4.59. The molecule has 0 bridgehead atoms. The molecular weight excluding hydrogens is 414 g/mol. The van der Waals surface area contributed by atoms with Gasteiger partial charge in [0.1, 0.15) is 5.82 Å². The molecule has 4 heterocycles. The van der Waals surface area contributed by atoms with Gasteiger partial charge in [0.15, 0.2) is 0 Å². The molecule has 0 spiro atoms. The molecule has 2 aliphatic carbocycles. The highest BCUT2D eigenvalue weighted by atomic mass is 16.2. The second kappa shape index (κ2) is 7.01. The number of pyridine rings is 1. The summed E-state index contributed by atoms with van der Waals surface area (Å²) in [4.78, 5) is 24.8. The van der Waals surface area contributed by atoms with Gasteiger partial charge in [-0.2, -0.15) is 10.2 Å². The Hall–Kier alpha value is -3.47. The monoisotopic (exact) mass is 441 g/mol. The molecule has 0 radical (unpaired) electrons. The van der Waals surface area contributed by atoms with Gasteiger partial charge in [-0.3, -0.25) is 4.98 Å². The molecule has 3 aliphatic rings. The largest absolute Gasteiger partial charge is 0.351 e. The van der Waals surface area contributed by atoms with Crippen molar-refractivity contribution in [3.05, 3.63) is 57.4 Å². The van der Waals surface area contributed by atoms with E-state index in [0.29, 0.717) is 18.2 Å². The maximum atomic E-state index is 13.0. The first-order valence-corrected chi connectivity index (χ1v) is 11.7. The maximum absolute atomic E-state index is 13.0. The lowest BCUT2D eigenvalue weighted by Crippen LogP contribution is -2.33. The molecule has 0 atom stereocenters. The number of allylic oxidation sites excluding steroid dienone is 1. The third kappa shape index (κ3) is 3.26. The lowest BCUT2D eigenvalue weighted by atomic mass is 9.98. The average Bonchev–Trinajstić information content (AvgIpc) is 3.75. The number of nitrogens with zero attached hydrogens (tertiary/aromatic N) is 7. The van der Waals surface area contributed by atoms with Crippen LogP contribution in [0, 0.1) is 36.5 Å². The highest BCUT2D eigenvalue weighted by molar-refractivity contribution is 5.67. The lowest BCUT2D eigenvalue weighted by Gasteiger charge is -2.31. The summed E-state index contributed by atoms with van der Waals surface area (Å²) in [5.74, 6) is 1.87. The number of hydrogen-bond donors (Lipinski definition) is 0. The van der Waals surface area contributed by atoms with Gasteiger partial charge < -0.3 is 4.90 Å². The van der Waals surface area contributed by atoms with E-state index in [0.717, 1.165) is 60.7 Å². The predicted molar refractivity (Wildman–Crippen MR) is 125 cm³/mol. The molecule has 0 unspecified atom stereocenters. The van der Waals surface area contributed by atoms with E-state index in [9.17, 15) is 10.1 Å². The van der Waals surface area contributed by atoms with Gasteiger partial charge in [-0.25, -0.2) is 13.9 Å². The van der Waals surface area contributed by atoms with Crippen molar-refractivity contribution in [2.24, 2.45) is 11.3 Å². The van der Waals surface area contributed by atoms with E-state index in [2.05, 4.69) is 28.7 Å². The third-order valence-electron chi connectivity index (χ3n) is 7.56. The Morgan fingerprint density at radius 1 is 1.33 bits per heavy atom. The van der Waals surface area contributed by atoms with Gasteiger partial charge in [0, 0.05) is 42.7 Å².